The van der Waals surface area contributed by atoms with Crippen LogP contribution in [-0.4, -0.2) is 17.5 Å². The Morgan fingerprint density at radius 3 is 1.10 bits per heavy atom. The molecule has 0 amide bonds. The summed E-state index contributed by atoms with van der Waals surface area (Å²) in [6.07, 6.45) is 0. The van der Waals surface area contributed by atoms with Crippen molar-refractivity contribution in [2.24, 2.45) is 0 Å². The molecule has 0 saturated heterocycles. The normalized spacial score (nSPS) is 9.40. The van der Waals surface area contributed by atoms with Crippen LogP contribution in [0.15, 0.2) is 0 Å². The maximum absolute atomic E-state index is 8.74. The van der Waals surface area contributed by atoms with Crippen LogP contribution in [0.25, 0.3) is 0 Å². The SMILES string of the molecule is C[C-](C)C.O=S(=O)(O)O.[Ni]. The molecule has 0 heterocycles. The maximum atomic E-state index is 8.74. The summed E-state index contributed by atoms with van der Waals surface area (Å²) in [4.78, 5) is 0. The van der Waals surface area contributed by atoms with Gasteiger partial charge in [0.1, 0.15) is 0 Å². The summed E-state index contributed by atoms with van der Waals surface area (Å²) in [5.41, 5.74) is 0. The van der Waals surface area contributed by atoms with Gasteiger partial charge in [0.2, 0.25) is 0 Å². The third-order valence-corrected chi connectivity index (χ3v) is 0. The van der Waals surface area contributed by atoms with Gasteiger partial charge in [-0.15, -0.1) is 0 Å². The molecule has 0 saturated carbocycles. The summed E-state index contributed by atoms with van der Waals surface area (Å²) >= 11 is 0. The van der Waals surface area contributed by atoms with E-state index < -0.39 is 10.4 Å². The zero-order chi connectivity index (χ0) is 8.08. The van der Waals surface area contributed by atoms with Gasteiger partial charge in [0.05, 0.1) is 0 Å². The Bertz CT molecular complexity index is 129. The first-order chi connectivity index (χ1) is 3.73. The Morgan fingerprint density at radius 1 is 1.10 bits per heavy atom. The van der Waals surface area contributed by atoms with Crippen molar-refractivity contribution in [1.29, 1.82) is 0 Å². The van der Waals surface area contributed by atoms with Gasteiger partial charge in [-0.2, -0.15) is 29.2 Å². The molecule has 2 N–H and O–H groups in total. The fraction of sp³-hybridized carbons (Fsp3) is 0.750. The number of rotatable bonds is 0. The molecule has 0 radical (unpaired) electrons. The van der Waals surface area contributed by atoms with Gasteiger partial charge in [0.25, 0.3) is 0 Å². The molecule has 0 aromatic carbocycles. The molecule has 0 spiro atoms. The molecular formula is C4H11NiO4S-. The summed E-state index contributed by atoms with van der Waals surface area (Å²) in [5.74, 6) is 1.42. The Morgan fingerprint density at radius 2 is 1.10 bits per heavy atom. The zero-order valence-electron chi connectivity index (χ0n) is 5.94. The van der Waals surface area contributed by atoms with Gasteiger partial charge in [0, 0.05) is 16.5 Å². The van der Waals surface area contributed by atoms with E-state index in [1.807, 2.05) is 0 Å². The standard InChI is InChI=1S/C4H9.Ni.H2O4S/c1-4(2)3;;1-5(2,3)4/h1-3H3;;(H2,1,2,3,4)/q-1;;. The van der Waals surface area contributed by atoms with Gasteiger partial charge in [-0.3, -0.25) is 9.11 Å². The van der Waals surface area contributed by atoms with Gasteiger partial charge in [0.15, 0.2) is 0 Å². The maximum Gasteiger partial charge on any atom is 0.394 e. The van der Waals surface area contributed by atoms with Crippen molar-refractivity contribution in [3.63, 3.8) is 0 Å². The molecule has 0 aliphatic rings. The van der Waals surface area contributed by atoms with Crippen molar-refractivity contribution in [2.45, 2.75) is 20.8 Å². The second kappa shape index (κ2) is 7.47. The van der Waals surface area contributed by atoms with Crippen LogP contribution >= 0.6 is 0 Å². The van der Waals surface area contributed by atoms with Crippen LogP contribution in [-0.2, 0) is 26.9 Å². The summed E-state index contributed by atoms with van der Waals surface area (Å²) in [5, 5.41) is 0. The van der Waals surface area contributed by atoms with Crippen molar-refractivity contribution >= 4 is 10.4 Å². The smallest absolute Gasteiger partial charge is 0.323 e. The molecular weight excluding hydrogens is 203 g/mol. The molecule has 0 rings (SSSR count). The average molecular weight is 214 g/mol. The Kier molecular flexibility index (Phi) is 12.5. The van der Waals surface area contributed by atoms with Gasteiger partial charge in [-0.1, -0.05) is 0 Å². The first-order valence-electron chi connectivity index (χ1n) is 2.20. The molecule has 0 aliphatic heterocycles. The van der Waals surface area contributed by atoms with Crippen LogP contribution in [0, 0.1) is 5.92 Å². The minimum absolute atomic E-state index is 0. The van der Waals surface area contributed by atoms with E-state index in [4.69, 9.17) is 17.5 Å². The van der Waals surface area contributed by atoms with E-state index in [9.17, 15) is 0 Å². The third kappa shape index (κ3) is 3430. The number of hydrogen-bond donors (Lipinski definition) is 2. The van der Waals surface area contributed by atoms with Gasteiger partial charge >= 0.3 is 10.4 Å². The predicted molar refractivity (Wildman–Crippen MR) is 34.4 cm³/mol. The molecule has 0 aromatic rings. The molecule has 0 fully saturated rings. The quantitative estimate of drug-likeness (QED) is 0.357. The van der Waals surface area contributed by atoms with E-state index in [2.05, 4.69) is 20.8 Å². The molecule has 0 atom stereocenters. The first kappa shape index (κ1) is 16.8. The average Bonchev–Trinajstić information content (AvgIpc) is 1.19. The summed E-state index contributed by atoms with van der Waals surface area (Å²) in [7, 11) is -4.67. The summed E-state index contributed by atoms with van der Waals surface area (Å²) in [6, 6.07) is 0. The van der Waals surface area contributed by atoms with E-state index in [0.29, 0.717) is 0 Å². The van der Waals surface area contributed by atoms with Crippen LogP contribution < -0.4 is 0 Å². The van der Waals surface area contributed by atoms with Crippen molar-refractivity contribution < 1.29 is 34.0 Å². The van der Waals surface area contributed by atoms with Gasteiger partial charge < -0.3 is 5.92 Å². The molecule has 0 aliphatic carbocycles. The molecule has 0 bridgehead atoms. The van der Waals surface area contributed by atoms with E-state index in [1.54, 1.807) is 0 Å². The van der Waals surface area contributed by atoms with E-state index in [-0.39, 0.29) is 16.5 Å². The van der Waals surface area contributed by atoms with Crippen molar-refractivity contribution in [3.8, 4) is 0 Å². The van der Waals surface area contributed by atoms with Gasteiger partial charge in [-0.05, 0) is 0 Å². The molecule has 4 nitrogen and oxygen atoms in total. The van der Waals surface area contributed by atoms with Crippen molar-refractivity contribution in [2.75, 3.05) is 0 Å². The fourth-order valence-electron chi connectivity index (χ4n) is 0. The molecule has 0 unspecified atom stereocenters. The number of hydrogen-bond acceptors (Lipinski definition) is 2. The summed E-state index contributed by atoms with van der Waals surface area (Å²) < 4.78 is 31.6. The second-order valence-corrected chi connectivity index (χ2v) is 2.84. The molecule has 0 aromatic heterocycles. The third-order valence-electron chi connectivity index (χ3n) is 0. The Labute approximate surface area is 71.5 Å². The van der Waals surface area contributed by atoms with Crippen LogP contribution in [0.1, 0.15) is 20.8 Å². The largest absolute Gasteiger partial charge is 0.394 e. The molecule has 6 heteroatoms. The first-order valence-corrected chi connectivity index (χ1v) is 3.60. The predicted octanol–water partition coefficient (Wildman–Crippen LogP) is 0.965. The van der Waals surface area contributed by atoms with Crippen LogP contribution in [0.5, 0.6) is 0 Å². The van der Waals surface area contributed by atoms with Crippen LogP contribution in [0.2, 0.25) is 0 Å². The second-order valence-electron chi connectivity index (χ2n) is 1.95. The van der Waals surface area contributed by atoms with Crippen molar-refractivity contribution in [3.05, 3.63) is 5.92 Å². The zero-order valence-corrected chi connectivity index (χ0v) is 7.74. The Hall–Kier alpha value is 0.364. The van der Waals surface area contributed by atoms with Crippen molar-refractivity contribution in [1.82, 2.24) is 0 Å². The van der Waals surface area contributed by atoms with E-state index >= 15 is 0 Å². The minimum atomic E-state index is -4.67. The molecule has 10 heavy (non-hydrogen) atoms. The van der Waals surface area contributed by atoms with E-state index in [1.165, 1.54) is 5.92 Å². The fourth-order valence-corrected chi connectivity index (χ4v) is 0. The minimum Gasteiger partial charge on any atom is -0.323 e. The van der Waals surface area contributed by atoms with Crippen LogP contribution in [0.4, 0.5) is 0 Å². The van der Waals surface area contributed by atoms with Crippen LogP contribution in [0.3, 0.4) is 0 Å². The molecule has 68 valence electrons. The van der Waals surface area contributed by atoms with E-state index in [0.717, 1.165) is 0 Å². The summed E-state index contributed by atoms with van der Waals surface area (Å²) in [6.45, 7) is 6.25. The topological polar surface area (TPSA) is 74.6 Å². The monoisotopic (exact) mass is 213 g/mol. The Balaban J connectivity index is -0.0000000910. The van der Waals surface area contributed by atoms with Gasteiger partial charge in [-0.25, -0.2) is 0 Å².